The molecule has 0 aromatic carbocycles. The predicted octanol–water partition coefficient (Wildman–Crippen LogP) is 5.85. The molecule has 0 amide bonds. The molecule has 0 radical (unpaired) electrons. The number of ether oxygens (including phenoxy) is 1. The number of alkyl halides is 4. The van der Waals surface area contributed by atoms with Crippen LogP contribution in [0.15, 0.2) is 35.5 Å². The molecule has 0 saturated heterocycles. The maximum Gasteiger partial charge on any atom is 0.411 e. The van der Waals surface area contributed by atoms with Crippen LogP contribution in [0.3, 0.4) is 0 Å². The second kappa shape index (κ2) is 14.8. The van der Waals surface area contributed by atoms with E-state index in [0.717, 1.165) is 0 Å². The molecule has 0 saturated carbocycles. The number of hydrogen-bond acceptors (Lipinski definition) is 3. The highest BCUT2D eigenvalue weighted by atomic mass is 19.4. The second-order valence-corrected chi connectivity index (χ2v) is 8.73. The van der Waals surface area contributed by atoms with E-state index >= 15 is 0 Å². The topological polar surface area (TPSA) is 33.3 Å². The van der Waals surface area contributed by atoms with Crippen molar-refractivity contribution in [2.75, 3.05) is 40.5 Å². The molecule has 0 heterocycles. The third-order valence-electron chi connectivity index (χ3n) is 5.89. The van der Waals surface area contributed by atoms with Gasteiger partial charge in [0, 0.05) is 19.2 Å². The summed E-state index contributed by atoms with van der Waals surface area (Å²) in [5.41, 5.74) is 1.89. The Balaban J connectivity index is 5.48. The Morgan fingerprint density at radius 2 is 1.74 bits per heavy atom. The van der Waals surface area contributed by atoms with Gasteiger partial charge in [0.1, 0.15) is 13.3 Å². The van der Waals surface area contributed by atoms with E-state index in [1.807, 2.05) is 21.0 Å². The summed E-state index contributed by atoms with van der Waals surface area (Å²) in [5.74, 6) is 0.599. The van der Waals surface area contributed by atoms with Gasteiger partial charge in [0.25, 0.3) is 0 Å². The lowest BCUT2D eigenvalue weighted by molar-refractivity contribution is -0.175. The summed E-state index contributed by atoms with van der Waals surface area (Å²) < 4.78 is 54.7. The van der Waals surface area contributed by atoms with Crippen molar-refractivity contribution in [2.45, 2.75) is 59.7 Å². The van der Waals surface area contributed by atoms with Gasteiger partial charge in [-0.05, 0) is 58.0 Å². The first kappa shape index (κ1) is 29.8. The summed E-state index contributed by atoms with van der Waals surface area (Å²) >= 11 is 0. The lowest BCUT2D eigenvalue weighted by Gasteiger charge is -2.29. The summed E-state index contributed by atoms with van der Waals surface area (Å²) in [6.45, 7) is 9.23. The highest BCUT2D eigenvalue weighted by Crippen LogP contribution is 2.34. The van der Waals surface area contributed by atoms with Crippen molar-refractivity contribution >= 4 is 0 Å². The fourth-order valence-corrected chi connectivity index (χ4v) is 3.33. The van der Waals surface area contributed by atoms with Crippen LogP contribution in [-0.4, -0.2) is 52.7 Å². The van der Waals surface area contributed by atoms with Gasteiger partial charge in [-0.2, -0.15) is 13.2 Å². The summed E-state index contributed by atoms with van der Waals surface area (Å²) in [4.78, 5) is 0. The van der Waals surface area contributed by atoms with Crippen LogP contribution in [0, 0.1) is 17.3 Å². The van der Waals surface area contributed by atoms with Crippen LogP contribution in [0.25, 0.3) is 0 Å². The number of halogens is 4. The van der Waals surface area contributed by atoms with Crippen LogP contribution in [-0.2, 0) is 4.74 Å². The maximum absolute atomic E-state index is 12.8. The molecule has 0 aromatic heterocycles. The molecule has 3 nitrogen and oxygen atoms in total. The molecule has 0 spiro atoms. The number of rotatable bonds is 15. The Kier molecular flexibility index (Phi) is 14.2. The van der Waals surface area contributed by atoms with E-state index in [4.69, 9.17) is 4.74 Å². The van der Waals surface area contributed by atoms with Gasteiger partial charge < -0.3 is 15.4 Å². The van der Waals surface area contributed by atoms with Crippen molar-refractivity contribution in [1.29, 1.82) is 0 Å². The largest absolute Gasteiger partial charge is 0.411 e. The summed E-state index contributed by atoms with van der Waals surface area (Å²) in [6, 6.07) is 0.371. The lowest BCUT2D eigenvalue weighted by Crippen LogP contribution is -2.27. The van der Waals surface area contributed by atoms with Gasteiger partial charge in [-0.1, -0.05) is 56.2 Å². The van der Waals surface area contributed by atoms with Gasteiger partial charge in [-0.3, -0.25) is 0 Å². The Bertz CT molecular complexity index is 587. The minimum absolute atomic E-state index is 0.0343. The van der Waals surface area contributed by atoms with Gasteiger partial charge in [-0.15, -0.1) is 0 Å². The van der Waals surface area contributed by atoms with Gasteiger partial charge in [0.05, 0.1) is 0 Å². The predicted molar refractivity (Wildman–Crippen MR) is 122 cm³/mol. The third kappa shape index (κ3) is 13.1. The zero-order chi connectivity index (χ0) is 24.1. The standard InChI is InChI=1S/C24H42F4N2O/c1-18(9-10-19(2)21(4)30-7)20(3)22(16-29-6)15-23(5,11-8-13-25)12-14-31-17-24(26,27)28/h8-11,18-19,21,29-30H,12-17H2,1-7H3/b10-9-,11-8-,22-20-. The third-order valence-corrected chi connectivity index (χ3v) is 5.89. The van der Waals surface area contributed by atoms with E-state index < -0.39 is 24.9 Å². The zero-order valence-corrected chi connectivity index (χ0v) is 20.2. The van der Waals surface area contributed by atoms with Gasteiger partial charge in [0.15, 0.2) is 0 Å². The Morgan fingerprint density at radius 3 is 2.26 bits per heavy atom. The molecule has 182 valence electrons. The molecule has 0 aromatic rings. The van der Waals surface area contributed by atoms with Crippen LogP contribution < -0.4 is 10.6 Å². The molecule has 0 aliphatic carbocycles. The normalized spacial score (nSPS) is 18.8. The Labute approximate surface area is 186 Å². The number of nitrogens with one attached hydrogen (secondary N) is 2. The number of allylic oxidation sites excluding steroid dienone is 4. The molecule has 31 heavy (non-hydrogen) atoms. The smallest absolute Gasteiger partial charge is 0.372 e. The Morgan fingerprint density at radius 1 is 1.10 bits per heavy atom. The average Bonchev–Trinajstić information content (AvgIpc) is 2.71. The Hall–Kier alpha value is -1.18. The van der Waals surface area contributed by atoms with Crippen LogP contribution >= 0.6 is 0 Å². The van der Waals surface area contributed by atoms with E-state index in [0.29, 0.717) is 31.3 Å². The molecule has 0 aliphatic heterocycles. The van der Waals surface area contributed by atoms with Crippen molar-refractivity contribution in [1.82, 2.24) is 10.6 Å². The average molecular weight is 451 g/mol. The molecule has 4 unspecified atom stereocenters. The van der Waals surface area contributed by atoms with E-state index in [2.05, 4.69) is 50.5 Å². The quantitative estimate of drug-likeness (QED) is 0.187. The summed E-state index contributed by atoms with van der Waals surface area (Å²) in [6.07, 6.45) is 4.25. The summed E-state index contributed by atoms with van der Waals surface area (Å²) in [5, 5.41) is 6.44. The maximum atomic E-state index is 12.8. The fraction of sp³-hybridized carbons (Fsp3) is 0.750. The van der Waals surface area contributed by atoms with E-state index in [1.54, 1.807) is 6.08 Å². The van der Waals surface area contributed by atoms with Gasteiger partial charge in [-0.25, -0.2) is 4.39 Å². The second-order valence-electron chi connectivity index (χ2n) is 8.73. The van der Waals surface area contributed by atoms with Crippen LogP contribution in [0.5, 0.6) is 0 Å². The lowest BCUT2D eigenvalue weighted by atomic mass is 9.78. The van der Waals surface area contributed by atoms with Crippen molar-refractivity contribution in [3.05, 3.63) is 35.5 Å². The first-order chi connectivity index (χ1) is 14.4. The minimum Gasteiger partial charge on any atom is -0.372 e. The van der Waals surface area contributed by atoms with Crippen molar-refractivity contribution in [2.24, 2.45) is 17.3 Å². The fourth-order valence-electron chi connectivity index (χ4n) is 3.33. The molecule has 0 aliphatic rings. The van der Waals surface area contributed by atoms with E-state index in [9.17, 15) is 17.6 Å². The first-order valence-corrected chi connectivity index (χ1v) is 11.0. The highest BCUT2D eigenvalue weighted by Gasteiger charge is 2.29. The molecule has 7 heteroatoms. The molecule has 2 N–H and O–H groups in total. The molecule has 4 atom stereocenters. The van der Waals surface area contributed by atoms with Crippen molar-refractivity contribution in [3.63, 3.8) is 0 Å². The molecule has 0 bridgehead atoms. The summed E-state index contributed by atoms with van der Waals surface area (Å²) in [7, 11) is 3.81. The van der Waals surface area contributed by atoms with E-state index in [-0.39, 0.29) is 12.5 Å². The molecule has 0 fully saturated rings. The molecule has 0 rings (SSSR count). The SMILES string of the molecule is CNC/C(CC(C)(/C=C\CF)CCOCC(F)(F)F)=C(/C)C(C)/C=C\C(C)C(C)NC. The zero-order valence-electron chi connectivity index (χ0n) is 20.2. The van der Waals surface area contributed by atoms with Crippen molar-refractivity contribution in [3.8, 4) is 0 Å². The van der Waals surface area contributed by atoms with Crippen molar-refractivity contribution < 1.29 is 22.3 Å². The monoisotopic (exact) mass is 450 g/mol. The molecular formula is C24H42F4N2O. The van der Waals surface area contributed by atoms with Crippen LogP contribution in [0.2, 0.25) is 0 Å². The van der Waals surface area contributed by atoms with E-state index in [1.165, 1.54) is 17.2 Å². The van der Waals surface area contributed by atoms with Crippen LogP contribution in [0.1, 0.15) is 47.5 Å². The van der Waals surface area contributed by atoms with Gasteiger partial charge >= 0.3 is 6.18 Å². The highest BCUT2D eigenvalue weighted by molar-refractivity contribution is 5.23. The number of likely N-dealkylation sites (N-methyl/N-ethyl adjacent to an activating group) is 1. The molecular weight excluding hydrogens is 408 g/mol. The van der Waals surface area contributed by atoms with Gasteiger partial charge in [0.2, 0.25) is 0 Å². The number of hydrogen-bond donors (Lipinski definition) is 2. The van der Waals surface area contributed by atoms with Crippen LogP contribution in [0.4, 0.5) is 17.6 Å². The minimum atomic E-state index is -4.34. The first-order valence-electron chi connectivity index (χ1n) is 11.0.